The van der Waals surface area contributed by atoms with Gasteiger partial charge in [0, 0.05) is 38.1 Å². The van der Waals surface area contributed by atoms with Crippen LogP contribution in [-0.2, 0) is 14.3 Å². The second kappa shape index (κ2) is 14.3. The van der Waals surface area contributed by atoms with Gasteiger partial charge in [-0.25, -0.2) is 14.6 Å². The van der Waals surface area contributed by atoms with Crippen LogP contribution >= 0.6 is 11.8 Å². The molecule has 4 rings (SSSR count). The van der Waals surface area contributed by atoms with Crippen molar-refractivity contribution in [2.24, 2.45) is 0 Å². The van der Waals surface area contributed by atoms with Crippen molar-refractivity contribution >= 4 is 29.7 Å². The molecule has 222 valence electrons. The van der Waals surface area contributed by atoms with E-state index in [1.54, 1.807) is 44.0 Å². The summed E-state index contributed by atoms with van der Waals surface area (Å²) in [5.41, 5.74) is 1.97. The second-order valence-corrected chi connectivity index (χ2v) is 12.0. The number of hydrogen-bond acceptors (Lipinski definition) is 8. The zero-order valence-electron chi connectivity index (χ0n) is 24.5. The monoisotopic (exact) mass is 590 g/mol. The van der Waals surface area contributed by atoms with Crippen molar-refractivity contribution < 1.29 is 23.9 Å². The Hall–Kier alpha value is -3.89. The number of nitrogens with one attached hydrogen (secondary N) is 1. The first-order valence-corrected chi connectivity index (χ1v) is 14.9. The lowest BCUT2D eigenvalue weighted by Gasteiger charge is -2.40. The highest BCUT2D eigenvalue weighted by Crippen LogP contribution is 2.30. The first-order valence-electron chi connectivity index (χ1n) is 13.9. The molecule has 1 atom stereocenters. The van der Waals surface area contributed by atoms with Crippen LogP contribution in [0.4, 0.5) is 4.79 Å². The number of alkyl carbamates (subject to hydrolysis) is 1. The van der Waals surface area contributed by atoms with Crippen LogP contribution in [0.1, 0.15) is 48.3 Å². The van der Waals surface area contributed by atoms with E-state index in [9.17, 15) is 14.4 Å². The topological polar surface area (TPSA) is 101 Å². The molecule has 0 aliphatic carbocycles. The average molecular weight is 591 g/mol. The van der Waals surface area contributed by atoms with Gasteiger partial charge in [-0.2, -0.15) is 0 Å². The molecule has 9 nitrogen and oxygen atoms in total. The fourth-order valence-electron chi connectivity index (χ4n) is 4.86. The Morgan fingerprint density at radius 2 is 1.50 bits per heavy atom. The summed E-state index contributed by atoms with van der Waals surface area (Å²) in [5.74, 6) is -0.564. The molecule has 0 bridgehead atoms. The zero-order valence-corrected chi connectivity index (χ0v) is 25.3. The minimum Gasteiger partial charge on any atom is -0.465 e. The van der Waals surface area contributed by atoms with E-state index in [4.69, 9.17) is 9.47 Å². The van der Waals surface area contributed by atoms with Crippen LogP contribution in [-0.4, -0.2) is 83.4 Å². The maximum Gasteiger partial charge on any atom is 0.408 e. The number of carbonyl (C=O) groups excluding carboxylic acids is 3. The molecule has 2 amide bonds. The van der Waals surface area contributed by atoms with E-state index in [-0.39, 0.29) is 17.7 Å². The van der Waals surface area contributed by atoms with Crippen molar-refractivity contribution in [2.45, 2.75) is 43.5 Å². The molecule has 1 fully saturated rings. The molecule has 10 heteroatoms. The van der Waals surface area contributed by atoms with E-state index in [1.807, 2.05) is 36.4 Å². The number of rotatable bonds is 9. The molecule has 0 spiro atoms. The number of methoxy groups -OCH3 is 1. The Morgan fingerprint density at radius 1 is 0.905 bits per heavy atom. The molecule has 1 aromatic heterocycles. The molecule has 0 unspecified atom stereocenters. The van der Waals surface area contributed by atoms with Crippen LogP contribution in [0.25, 0.3) is 0 Å². The summed E-state index contributed by atoms with van der Waals surface area (Å²) in [7, 11) is 1.31. The molecule has 1 saturated heterocycles. The van der Waals surface area contributed by atoms with Crippen LogP contribution in [0, 0.1) is 0 Å². The fraction of sp³-hybridized carbons (Fsp3) is 0.375. The number of carbonyl (C=O) groups is 3. The lowest BCUT2D eigenvalue weighted by molar-refractivity contribution is -0.134. The van der Waals surface area contributed by atoms with Gasteiger partial charge in [0.2, 0.25) is 5.91 Å². The summed E-state index contributed by atoms with van der Waals surface area (Å²) >= 11 is 1.21. The standard InChI is InChI=1S/C32H38N4O5S/c1-32(2,3)41-31(39)34-26(22-42-28-25(30(38)40-4)16-11-17-33-28)29(37)36-20-18-35(19-21-36)27(23-12-7-5-8-13-23)24-14-9-6-10-15-24/h5-17,26-27H,18-22H2,1-4H3,(H,34,39)/t26-/m0/s1. The molecule has 3 aromatic rings. The van der Waals surface area contributed by atoms with Gasteiger partial charge < -0.3 is 19.7 Å². The van der Waals surface area contributed by atoms with E-state index in [1.165, 1.54) is 30.0 Å². The lowest BCUT2D eigenvalue weighted by Crippen LogP contribution is -2.56. The smallest absolute Gasteiger partial charge is 0.408 e. The number of ether oxygens (including phenoxy) is 2. The molecule has 1 aliphatic heterocycles. The van der Waals surface area contributed by atoms with Crippen molar-refractivity contribution in [3.8, 4) is 0 Å². The summed E-state index contributed by atoms with van der Waals surface area (Å²) < 4.78 is 10.3. The predicted molar refractivity (Wildman–Crippen MR) is 162 cm³/mol. The average Bonchev–Trinajstić information content (AvgIpc) is 2.99. The molecule has 0 saturated carbocycles. The summed E-state index contributed by atoms with van der Waals surface area (Å²) in [6.07, 6.45) is 0.893. The SMILES string of the molecule is COC(=O)c1cccnc1SC[C@H](NC(=O)OC(C)(C)C)C(=O)N1CCN(C(c2ccccc2)c2ccccc2)CC1. The third kappa shape index (κ3) is 8.33. The number of aromatic nitrogens is 1. The highest BCUT2D eigenvalue weighted by molar-refractivity contribution is 7.99. The Bertz CT molecular complexity index is 1300. The fourth-order valence-corrected chi connectivity index (χ4v) is 5.86. The normalized spacial score (nSPS) is 14.7. The highest BCUT2D eigenvalue weighted by Gasteiger charge is 2.33. The van der Waals surface area contributed by atoms with Crippen molar-refractivity contribution in [3.63, 3.8) is 0 Å². The van der Waals surface area contributed by atoms with Gasteiger partial charge in [0.05, 0.1) is 18.7 Å². The minimum absolute atomic E-state index is 0.0665. The first kappa shape index (κ1) is 31.1. The van der Waals surface area contributed by atoms with Gasteiger partial charge in [-0.05, 0) is 44.0 Å². The number of pyridine rings is 1. The largest absolute Gasteiger partial charge is 0.465 e. The van der Waals surface area contributed by atoms with Gasteiger partial charge in [-0.3, -0.25) is 9.69 Å². The minimum atomic E-state index is -0.886. The van der Waals surface area contributed by atoms with Crippen molar-refractivity contribution in [3.05, 3.63) is 95.7 Å². The number of amides is 2. The Kier molecular flexibility index (Phi) is 10.6. The van der Waals surface area contributed by atoms with Crippen LogP contribution < -0.4 is 5.32 Å². The number of hydrogen-bond donors (Lipinski definition) is 1. The van der Waals surface area contributed by atoms with E-state index in [0.29, 0.717) is 36.8 Å². The summed E-state index contributed by atoms with van der Waals surface area (Å²) in [6.45, 7) is 7.64. The van der Waals surface area contributed by atoms with E-state index in [0.717, 1.165) is 0 Å². The third-order valence-corrected chi connectivity index (χ3v) is 7.87. The van der Waals surface area contributed by atoms with Gasteiger partial charge in [0.25, 0.3) is 0 Å². The van der Waals surface area contributed by atoms with Crippen LogP contribution in [0.3, 0.4) is 0 Å². The maximum atomic E-state index is 13.8. The zero-order chi connectivity index (χ0) is 30.1. The van der Waals surface area contributed by atoms with Crippen LogP contribution in [0.15, 0.2) is 84.0 Å². The summed E-state index contributed by atoms with van der Waals surface area (Å²) in [6, 6.07) is 23.2. The number of nitrogens with zero attached hydrogens (tertiary/aromatic N) is 3. The molecular formula is C32H38N4O5S. The van der Waals surface area contributed by atoms with E-state index < -0.39 is 23.7 Å². The van der Waals surface area contributed by atoms with Gasteiger partial charge in [0.1, 0.15) is 16.7 Å². The van der Waals surface area contributed by atoms with Crippen molar-refractivity contribution in [1.29, 1.82) is 0 Å². The third-order valence-electron chi connectivity index (χ3n) is 6.77. The number of piperazine rings is 1. The molecular weight excluding hydrogens is 552 g/mol. The van der Waals surface area contributed by atoms with Crippen molar-refractivity contribution in [2.75, 3.05) is 39.0 Å². The second-order valence-electron chi connectivity index (χ2n) is 10.9. The molecule has 2 aromatic carbocycles. The molecule has 2 heterocycles. The summed E-state index contributed by atoms with van der Waals surface area (Å²) in [5, 5.41) is 3.18. The number of benzene rings is 2. The number of esters is 1. The molecule has 1 N–H and O–H groups in total. The molecule has 0 radical (unpaired) electrons. The Labute approximate surface area is 251 Å². The van der Waals surface area contributed by atoms with Gasteiger partial charge in [-0.15, -0.1) is 11.8 Å². The maximum absolute atomic E-state index is 13.8. The first-order chi connectivity index (χ1) is 20.2. The van der Waals surface area contributed by atoms with E-state index >= 15 is 0 Å². The molecule has 42 heavy (non-hydrogen) atoms. The van der Waals surface area contributed by atoms with E-state index in [2.05, 4.69) is 39.5 Å². The lowest BCUT2D eigenvalue weighted by atomic mass is 9.96. The van der Waals surface area contributed by atoms with Gasteiger partial charge >= 0.3 is 12.1 Å². The van der Waals surface area contributed by atoms with Crippen LogP contribution in [0.5, 0.6) is 0 Å². The van der Waals surface area contributed by atoms with Crippen molar-refractivity contribution in [1.82, 2.24) is 20.1 Å². The predicted octanol–water partition coefficient (Wildman–Crippen LogP) is 4.79. The Morgan fingerprint density at radius 3 is 2.05 bits per heavy atom. The molecule has 1 aliphatic rings. The van der Waals surface area contributed by atoms with Gasteiger partial charge in [0.15, 0.2) is 0 Å². The van der Waals surface area contributed by atoms with Crippen LogP contribution in [0.2, 0.25) is 0 Å². The van der Waals surface area contributed by atoms with Gasteiger partial charge in [-0.1, -0.05) is 60.7 Å². The summed E-state index contributed by atoms with van der Waals surface area (Å²) in [4.78, 5) is 47.3. The highest BCUT2D eigenvalue weighted by atomic mass is 32.2. The quantitative estimate of drug-likeness (QED) is 0.281. The number of thioether (sulfide) groups is 1. The Balaban J connectivity index is 1.49.